The molecule has 0 aromatic carbocycles. The molecule has 0 aromatic rings. The zero-order valence-corrected chi connectivity index (χ0v) is 14.4. The Hall–Kier alpha value is -0.610. The van der Waals surface area contributed by atoms with Crippen molar-refractivity contribution >= 4 is 5.97 Å². The van der Waals surface area contributed by atoms with Crippen molar-refractivity contribution in [2.45, 2.75) is 73.0 Å². The first-order valence-electron chi connectivity index (χ1n) is 8.09. The van der Waals surface area contributed by atoms with Crippen LogP contribution in [0.1, 0.15) is 60.8 Å². The van der Waals surface area contributed by atoms with Crippen molar-refractivity contribution in [1.29, 1.82) is 0 Å². The van der Waals surface area contributed by atoms with Gasteiger partial charge >= 0.3 is 5.97 Å². The second-order valence-corrected chi connectivity index (χ2v) is 8.61. The summed E-state index contributed by atoms with van der Waals surface area (Å²) in [6.45, 7) is 13.8. The molecule has 21 heavy (non-hydrogen) atoms. The van der Waals surface area contributed by atoms with E-state index in [-0.39, 0.29) is 35.7 Å². The van der Waals surface area contributed by atoms with E-state index in [1.165, 1.54) is 6.42 Å². The van der Waals surface area contributed by atoms with Crippen LogP contribution in [0.2, 0.25) is 0 Å². The van der Waals surface area contributed by atoms with Gasteiger partial charge in [-0.15, -0.1) is 0 Å². The normalized spacial score (nSPS) is 28.2. The molecule has 4 nitrogen and oxygen atoms in total. The lowest BCUT2D eigenvalue weighted by Crippen LogP contribution is -2.47. The molecule has 2 fully saturated rings. The molecule has 2 rings (SSSR count). The van der Waals surface area contributed by atoms with Crippen LogP contribution < -0.4 is 5.32 Å². The summed E-state index contributed by atoms with van der Waals surface area (Å²) in [7, 11) is 0. The third-order valence-corrected chi connectivity index (χ3v) is 5.29. The second kappa shape index (κ2) is 5.54. The van der Waals surface area contributed by atoms with Gasteiger partial charge < -0.3 is 14.8 Å². The van der Waals surface area contributed by atoms with E-state index in [0.29, 0.717) is 0 Å². The van der Waals surface area contributed by atoms with Crippen LogP contribution in [0.4, 0.5) is 0 Å². The molecule has 1 saturated carbocycles. The smallest absolute Gasteiger partial charge is 0.315 e. The zero-order chi connectivity index (χ0) is 15.9. The fourth-order valence-electron chi connectivity index (χ4n) is 3.82. The number of ether oxygens (including phenoxy) is 2. The van der Waals surface area contributed by atoms with Crippen molar-refractivity contribution in [2.75, 3.05) is 13.3 Å². The summed E-state index contributed by atoms with van der Waals surface area (Å²) < 4.78 is 11.4. The molecule has 1 aliphatic carbocycles. The van der Waals surface area contributed by atoms with Crippen molar-refractivity contribution in [3.8, 4) is 0 Å². The molecule has 0 radical (unpaired) electrons. The number of hydrogen-bond donors (Lipinski definition) is 1. The molecular weight excluding hydrogens is 266 g/mol. The minimum atomic E-state index is -0.471. The minimum absolute atomic E-state index is 0.0620. The van der Waals surface area contributed by atoms with Crippen LogP contribution in [0.25, 0.3) is 0 Å². The van der Waals surface area contributed by atoms with Crippen LogP contribution in [-0.2, 0) is 14.3 Å². The van der Waals surface area contributed by atoms with Gasteiger partial charge in [-0.2, -0.15) is 0 Å². The van der Waals surface area contributed by atoms with Gasteiger partial charge in [0.2, 0.25) is 0 Å². The summed E-state index contributed by atoms with van der Waals surface area (Å²) in [5, 5.41) is 3.18. The molecule has 1 heterocycles. The van der Waals surface area contributed by atoms with Crippen molar-refractivity contribution in [1.82, 2.24) is 5.32 Å². The maximum absolute atomic E-state index is 12.2. The predicted octanol–water partition coefficient (Wildman–Crippen LogP) is 3.11. The summed E-state index contributed by atoms with van der Waals surface area (Å²) in [6, 6.07) is 0.243. The van der Waals surface area contributed by atoms with Crippen LogP contribution in [0.15, 0.2) is 0 Å². The Bertz CT molecular complexity index is 381. The Morgan fingerprint density at radius 3 is 2.19 bits per heavy atom. The average Bonchev–Trinajstić information content (AvgIpc) is 3.15. The molecule has 0 spiro atoms. The van der Waals surface area contributed by atoms with E-state index < -0.39 is 5.41 Å². The van der Waals surface area contributed by atoms with Gasteiger partial charge in [-0.3, -0.25) is 4.79 Å². The summed E-state index contributed by atoms with van der Waals surface area (Å²) in [5.74, 6) is -0.177. The number of esters is 1. The number of carbonyl (C=O) groups is 1. The SMILES string of the molecule is CC1(C)CCCC(C)(C)C1OCOC(=O)C(C)(C)C1CN1. The lowest BCUT2D eigenvalue weighted by Gasteiger charge is -2.48. The number of nitrogens with one attached hydrogen (secondary N) is 1. The highest BCUT2D eigenvalue weighted by molar-refractivity contribution is 5.77. The lowest BCUT2D eigenvalue weighted by molar-refractivity contribution is -0.195. The first-order chi connectivity index (χ1) is 9.57. The fourth-order valence-corrected chi connectivity index (χ4v) is 3.82. The van der Waals surface area contributed by atoms with E-state index in [1.54, 1.807) is 0 Å². The van der Waals surface area contributed by atoms with Gasteiger partial charge in [0.1, 0.15) is 0 Å². The largest absolute Gasteiger partial charge is 0.438 e. The highest BCUT2D eigenvalue weighted by atomic mass is 16.7. The predicted molar refractivity (Wildman–Crippen MR) is 82.8 cm³/mol. The van der Waals surface area contributed by atoms with E-state index in [2.05, 4.69) is 33.0 Å². The van der Waals surface area contributed by atoms with Gasteiger partial charge in [-0.1, -0.05) is 34.1 Å². The van der Waals surface area contributed by atoms with E-state index in [4.69, 9.17) is 9.47 Å². The first kappa shape index (κ1) is 16.8. The van der Waals surface area contributed by atoms with Gasteiger partial charge in [0.25, 0.3) is 0 Å². The molecular formula is C17H31NO3. The van der Waals surface area contributed by atoms with Gasteiger partial charge in [0.15, 0.2) is 6.79 Å². The first-order valence-corrected chi connectivity index (χ1v) is 8.09. The Kier molecular flexibility index (Phi) is 4.42. The van der Waals surface area contributed by atoms with Gasteiger partial charge in [0, 0.05) is 12.6 Å². The van der Waals surface area contributed by atoms with E-state index in [9.17, 15) is 4.79 Å². The summed E-state index contributed by atoms with van der Waals surface area (Å²) in [4.78, 5) is 12.2. The molecule has 1 atom stereocenters. The molecule has 0 aromatic heterocycles. The quantitative estimate of drug-likeness (QED) is 0.481. The lowest BCUT2D eigenvalue weighted by atomic mass is 9.63. The van der Waals surface area contributed by atoms with Gasteiger partial charge in [-0.25, -0.2) is 0 Å². The second-order valence-electron chi connectivity index (χ2n) is 8.61. The molecule has 0 amide bonds. The Labute approximate surface area is 129 Å². The van der Waals surface area contributed by atoms with Crippen LogP contribution in [0.3, 0.4) is 0 Å². The van der Waals surface area contributed by atoms with Gasteiger partial charge in [0.05, 0.1) is 11.5 Å². The van der Waals surface area contributed by atoms with Crippen molar-refractivity contribution in [2.24, 2.45) is 16.2 Å². The Morgan fingerprint density at radius 1 is 1.19 bits per heavy atom. The molecule has 1 N–H and O–H groups in total. The summed E-state index contributed by atoms with van der Waals surface area (Å²) in [6.07, 6.45) is 3.67. The van der Waals surface area contributed by atoms with Crippen LogP contribution in [0, 0.1) is 16.2 Å². The summed E-state index contributed by atoms with van der Waals surface area (Å²) in [5.41, 5.74) is -0.218. The van der Waals surface area contributed by atoms with Crippen LogP contribution in [-0.4, -0.2) is 31.5 Å². The third-order valence-electron chi connectivity index (χ3n) is 5.29. The molecule has 0 bridgehead atoms. The van der Waals surface area contributed by atoms with E-state index in [1.807, 2.05) is 13.8 Å². The molecule has 4 heteroatoms. The van der Waals surface area contributed by atoms with Crippen molar-refractivity contribution < 1.29 is 14.3 Å². The average molecular weight is 297 g/mol. The molecule has 1 saturated heterocycles. The van der Waals surface area contributed by atoms with Crippen molar-refractivity contribution in [3.05, 3.63) is 0 Å². The van der Waals surface area contributed by atoms with Gasteiger partial charge in [-0.05, 0) is 37.5 Å². The standard InChI is InChI=1S/C17H31NO3/c1-15(2)8-7-9-16(3,4)13(15)20-11-21-14(19)17(5,6)12-10-18-12/h12-13,18H,7-11H2,1-6H3. The van der Waals surface area contributed by atoms with E-state index >= 15 is 0 Å². The van der Waals surface area contributed by atoms with Crippen molar-refractivity contribution in [3.63, 3.8) is 0 Å². The van der Waals surface area contributed by atoms with Crippen LogP contribution >= 0.6 is 0 Å². The maximum Gasteiger partial charge on any atom is 0.315 e. The minimum Gasteiger partial charge on any atom is -0.438 e. The Balaban J connectivity index is 1.88. The molecule has 122 valence electrons. The molecule has 1 aliphatic heterocycles. The fraction of sp³-hybridized carbons (Fsp3) is 0.941. The number of rotatable bonds is 5. The molecule has 2 aliphatic rings. The van der Waals surface area contributed by atoms with E-state index in [0.717, 1.165) is 19.4 Å². The maximum atomic E-state index is 12.2. The molecule has 1 unspecified atom stereocenters. The number of carbonyl (C=O) groups excluding carboxylic acids is 1. The Morgan fingerprint density at radius 2 is 1.71 bits per heavy atom. The summed E-state index contributed by atoms with van der Waals surface area (Å²) >= 11 is 0. The highest BCUT2D eigenvalue weighted by Crippen LogP contribution is 2.47. The highest BCUT2D eigenvalue weighted by Gasteiger charge is 2.46. The topological polar surface area (TPSA) is 57.5 Å². The third kappa shape index (κ3) is 3.59. The number of hydrogen-bond acceptors (Lipinski definition) is 4. The monoisotopic (exact) mass is 297 g/mol. The zero-order valence-electron chi connectivity index (χ0n) is 14.4. The van der Waals surface area contributed by atoms with Crippen LogP contribution in [0.5, 0.6) is 0 Å².